The smallest absolute Gasteiger partial charge is 0.141 e. The van der Waals surface area contributed by atoms with Crippen molar-refractivity contribution in [3.8, 4) is 0 Å². The fraction of sp³-hybridized carbons (Fsp3) is 0.917. The minimum absolute atomic E-state index is 0.277. The van der Waals surface area contributed by atoms with Crippen LogP contribution in [0.4, 0.5) is 0 Å². The summed E-state index contributed by atoms with van der Waals surface area (Å²) in [6, 6.07) is 0. The van der Waals surface area contributed by atoms with Crippen molar-refractivity contribution >= 4 is 5.78 Å². The molecule has 0 aliphatic heterocycles. The van der Waals surface area contributed by atoms with Crippen molar-refractivity contribution in [1.82, 2.24) is 0 Å². The molecule has 0 amide bonds. The maximum Gasteiger partial charge on any atom is 0.141 e. The minimum atomic E-state index is -0.324. The highest BCUT2D eigenvalue weighted by molar-refractivity contribution is 5.88. The van der Waals surface area contributed by atoms with Gasteiger partial charge in [-0.2, -0.15) is 0 Å². The predicted octanol–water partition coefficient (Wildman–Crippen LogP) is 1.91. The minimum Gasteiger partial charge on any atom is -0.392 e. The second-order valence-electron chi connectivity index (χ2n) is 5.35. The maximum absolute atomic E-state index is 12.0. The van der Waals surface area contributed by atoms with Gasteiger partial charge in [0.2, 0.25) is 0 Å². The van der Waals surface area contributed by atoms with Crippen molar-refractivity contribution in [3.63, 3.8) is 0 Å². The molecule has 3 aliphatic rings. The van der Waals surface area contributed by atoms with E-state index in [4.69, 9.17) is 0 Å². The maximum atomic E-state index is 12.0. The van der Waals surface area contributed by atoms with E-state index in [1.807, 2.05) is 0 Å². The molecule has 3 aliphatic carbocycles. The molecule has 0 aromatic heterocycles. The molecule has 0 aromatic carbocycles. The van der Waals surface area contributed by atoms with Gasteiger partial charge in [0.25, 0.3) is 0 Å². The molecule has 0 aromatic rings. The van der Waals surface area contributed by atoms with Crippen LogP contribution in [0.1, 0.15) is 44.9 Å². The van der Waals surface area contributed by atoms with Crippen molar-refractivity contribution in [2.45, 2.75) is 51.0 Å². The largest absolute Gasteiger partial charge is 0.392 e. The van der Waals surface area contributed by atoms with Crippen LogP contribution in [0.25, 0.3) is 0 Å². The number of aliphatic hydroxyl groups excluding tert-OH is 1. The Balaban J connectivity index is 2.05. The van der Waals surface area contributed by atoms with E-state index >= 15 is 0 Å². The SMILES string of the molecule is O=C1CC[C@H]2C3CCC[C@H](O)[C@]12CC3. The number of hydrogen-bond acceptors (Lipinski definition) is 2. The number of carbonyl (C=O) groups excluding carboxylic acids is 1. The number of aliphatic hydroxyl groups is 1. The third kappa shape index (κ3) is 0.881. The van der Waals surface area contributed by atoms with Gasteiger partial charge in [-0.25, -0.2) is 0 Å². The molecule has 2 bridgehead atoms. The summed E-state index contributed by atoms with van der Waals surface area (Å²) in [7, 11) is 0. The molecule has 0 saturated heterocycles. The molecule has 1 N–H and O–H groups in total. The quantitative estimate of drug-likeness (QED) is 0.639. The molecule has 14 heavy (non-hydrogen) atoms. The van der Waals surface area contributed by atoms with Gasteiger partial charge in [0.15, 0.2) is 0 Å². The monoisotopic (exact) mass is 194 g/mol. The van der Waals surface area contributed by atoms with Gasteiger partial charge in [0, 0.05) is 6.42 Å². The van der Waals surface area contributed by atoms with Gasteiger partial charge in [-0.15, -0.1) is 0 Å². The third-order valence-corrected chi connectivity index (χ3v) is 5.01. The van der Waals surface area contributed by atoms with Crippen molar-refractivity contribution in [2.75, 3.05) is 0 Å². The van der Waals surface area contributed by atoms with Gasteiger partial charge in [0.05, 0.1) is 11.5 Å². The molecule has 4 atom stereocenters. The molecule has 2 nitrogen and oxygen atoms in total. The van der Waals surface area contributed by atoms with Crippen LogP contribution in [0.5, 0.6) is 0 Å². The summed E-state index contributed by atoms with van der Waals surface area (Å²) in [5.74, 6) is 1.66. The van der Waals surface area contributed by atoms with E-state index < -0.39 is 0 Å². The summed E-state index contributed by atoms with van der Waals surface area (Å²) in [6.07, 6.45) is 6.86. The highest BCUT2D eigenvalue weighted by Crippen LogP contribution is 2.60. The lowest BCUT2D eigenvalue weighted by Crippen LogP contribution is -2.40. The van der Waals surface area contributed by atoms with E-state index in [1.54, 1.807) is 0 Å². The van der Waals surface area contributed by atoms with E-state index in [1.165, 1.54) is 12.8 Å². The van der Waals surface area contributed by atoms with E-state index in [9.17, 15) is 9.90 Å². The number of Topliss-reactive ketones (excluding diaryl/α,β-unsaturated/α-hetero) is 1. The van der Waals surface area contributed by atoms with Crippen LogP contribution in [-0.2, 0) is 4.79 Å². The van der Waals surface area contributed by atoms with Gasteiger partial charge in [0.1, 0.15) is 5.78 Å². The lowest BCUT2D eigenvalue weighted by molar-refractivity contribution is -0.133. The Kier molecular flexibility index (Phi) is 1.79. The fourth-order valence-corrected chi connectivity index (χ4v) is 4.37. The number of carbonyl (C=O) groups is 1. The number of rotatable bonds is 0. The summed E-state index contributed by atoms with van der Waals surface area (Å²) in [4.78, 5) is 12.0. The molecule has 0 heterocycles. The van der Waals surface area contributed by atoms with Crippen LogP contribution >= 0.6 is 0 Å². The summed E-state index contributed by atoms with van der Waals surface area (Å²) in [6.45, 7) is 0. The van der Waals surface area contributed by atoms with Crippen LogP contribution < -0.4 is 0 Å². The average Bonchev–Trinajstić information content (AvgIpc) is 2.62. The zero-order chi connectivity index (χ0) is 9.76. The predicted molar refractivity (Wildman–Crippen MR) is 52.7 cm³/mol. The Labute approximate surface area is 84.7 Å². The van der Waals surface area contributed by atoms with Gasteiger partial charge >= 0.3 is 0 Å². The van der Waals surface area contributed by atoms with Gasteiger partial charge < -0.3 is 5.11 Å². The molecule has 0 spiro atoms. The van der Waals surface area contributed by atoms with Gasteiger partial charge in [-0.1, -0.05) is 12.8 Å². The van der Waals surface area contributed by atoms with E-state index in [-0.39, 0.29) is 11.5 Å². The molecule has 0 radical (unpaired) electrons. The molecule has 3 rings (SSSR count). The van der Waals surface area contributed by atoms with Gasteiger partial charge in [-0.05, 0) is 37.5 Å². The third-order valence-electron chi connectivity index (χ3n) is 5.01. The topological polar surface area (TPSA) is 37.3 Å². The molecule has 1 unspecified atom stereocenters. The van der Waals surface area contributed by atoms with Crippen LogP contribution in [0.2, 0.25) is 0 Å². The Morgan fingerprint density at radius 3 is 2.93 bits per heavy atom. The summed E-state index contributed by atoms with van der Waals surface area (Å²) < 4.78 is 0. The Morgan fingerprint density at radius 2 is 2.07 bits per heavy atom. The molecule has 78 valence electrons. The standard InChI is InChI=1S/C12H18O2/c13-10-3-1-2-8-6-7-12(10)9(8)4-5-11(12)14/h8-10,13H,1-7H2/t8?,9-,10-,12+/m0/s1. The highest BCUT2D eigenvalue weighted by Gasteiger charge is 2.60. The second kappa shape index (κ2) is 2.82. The first-order valence-electron chi connectivity index (χ1n) is 5.96. The number of ketones is 1. The molecule has 2 heteroatoms. The highest BCUT2D eigenvalue weighted by atomic mass is 16.3. The second-order valence-corrected chi connectivity index (χ2v) is 5.35. The van der Waals surface area contributed by atoms with Crippen molar-refractivity contribution in [1.29, 1.82) is 0 Å². The van der Waals surface area contributed by atoms with Crippen LogP contribution in [0.15, 0.2) is 0 Å². The van der Waals surface area contributed by atoms with Crippen molar-refractivity contribution in [2.24, 2.45) is 17.3 Å². The Morgan fingerprint density at radius 1 is 1.21 bits per heavy atom. The molecular formula is C12H18O2. The van der Waals surface area contributed by atoms with Gasteiger partial charge in [-0.3, -0.25) is 4.79 Å². The zero-order valence-electron chi connectivity index (χ0n) is 8.54. The van der Waals surface area contributed by atoms with E-state index in [2.05, 4.69) is 0 Å². The lowest BCUT2D eigenvalue weighted by Gasteiger charge is -2.32. The van der Waals surface area contributed by atoms with E-state index in [0.29, 0.717) is 11.7 Å². The van der Waals surface area contributed by atoms with E-state index in [0.717, 1.165) is 38.0 Å². The van der Waals surface area contributed by atoms with Crippen LogP contribution in [0.3, 0.4) is 0 Å². The van der Waals surface area contributed by atoms with Crippen LogP contribution in [-0.4, -0.2) is 17.0 Å². The van der Waals surface area contributed by atoms with Crippen LogP contribution in [0, 0.1) is 17.3 Å². The summed E-state index contributed by atoms with van der Waals surface area (Å²) in [5.41, 5.74) is -0.277. The first-order valence-corrected chi connectivity index (χ1v) is 5.96. The molecule has 3 fully saturated rings. The van der Waals surface area contributed by atoms with Crippen molar-refractivity contribution < 1.29 is 9.90 Å². The first-order chi connectivity index (χ1) is 6.75. The molecular weight excluding hydrogens is 176 g/mol. The zero-order valence-corrected chi connectivity index (χ0v) is 8.54. The van der Waals surface area contributed by atoms with Crippen molar-refractivity contribution in [3.05, 3.63) is 0 Å². The normalized spacial score (nSPS) is 51.8. The Hall–Kier alpha value is -0.370. The summed E-state index contributed by atoms with van der Waals surface area (Å²) >= 11 is 0. The Bertz CT molecular complexity index is 273. The average molecular weight is 194 g/mol. The lowest BCUT2D eigenvalue weighted by atomic mass is 9.73. The summed E-state index contributed by atoms with van der Waals surface area (Å²) in [5, 5.41) is 10.2. The molecule has 3 saturated carbocycles. The number of hydrogen-bond donors (Lipinski definition) is 1. The first kappa shape index (κ1) is 8.90. The fourth-order valence-electron chi connectivity index (χ4n) is 4.37.